The second-order valence-corrected chi connectivity index (χ2v) is 4.18. The van der Waals surface area contributed by atoms with Crippen LogP contribution in [0.15, 0.2) is 24.5 Å². The van der Waals surface area contributed by atoms with Crippen LogP contribution in [0, 0.1) is 5.92 Å². The molecule has 1 saturated heterocycles. The standard InChI is InChI=1S/C12H17NO2/c14-12(8-11-3-6-15-9-11)7-10-1-4-13-5-2-10/h1-2,4-5,11-12,14H,3,6-9H2. The normalized spacial score (nSPS) is 22.9. The minimum Gasteiger partial charge on any atom is -0.393 e. The van der Waals surface area contributed by atoms with Gasteiger partial charge in [0.15, 0.2) is 0 Å². The summed E-state index contributed by atoms with van der Waals surface area (Å²) < 4.78 is 5.29. The molecule has 0 spiro atoms. The largest absolute Gasteiger partial charge is 0.393 e. The molecule has 2 atom stereocenters. The van der Waals surface area contributed by atoms with E-state index in [0.29, 0.717) is 5.92 Å². The lowest BCUT2D eigenvalue weighted by Gasteiger charge is -2.14. The Hall–Kier alpha value is -0.930. The van der Waals surface area contributed by atoms with Crippen LogP contribution in [0.1, 0.15) is 18.4 Å². The summed E-state index contributed by atoms with van der Waals surface area (Å²) in [5.41, 5.74) is 1.15. The molecular formula is C12H17NO2. The predicted octanol–water partition coefficient (Wildman–Crippen LogP) is 1.41. The maximum absolute atomic E-state index is 9.89. The Morgan fingerprint density at radius 3 is 2.93 bits per heavy atom. The van der Waals surface area contributed by atoms with Crippen LogP contribution in [0.2, 0.25) is 0 Å². The summed E-state index contributed by atoms with van der Waals surface area (Å²) in [6.07, 6.45) is 5.94. The molecule has 0 aliphatic carbocycles. The summed E-state index contributed by atoms with van der Waals surface area (Å²) in [6.45, 7) is 1.67. The monoisotopic (exact) mass is 207 g/mol. The zero-order valence-electron chi connectivity index (χ0n) is 8.80. The second-order valence-electron chi connectivity index (χ2n) is 4.18. The molecule has 1 aromatic heterocycles. The van der Waals surface area contributed by atoms with E-state index >= 15 is 0 Å². The average molecular weight is 207 g/mol. The van der Waals surface area contributed by atoms with Gasteiger partial charge in [0.25, 0.3) is 0 Å². The van der Waals surface area contributed by atoms with Crippen molar-refractivity contribution in [2.45, 2.75) is 25.4 Å². The van der Waals surface area contributed by atoms with Crippen LogP contribution in [0.4, 0.5) is 0 Å². The topological polar surface area (TPSA) is 42.4 Å². The van der Waals surface area contributed by atoms with Gasteiger partial charge >= 0.3 is 0 Å². The van der Waals surface area contributed by atoms with Gasteiger partial charge < -0.3 is 9.84 Å². The third-order valence-corrected chi connectivity index (χ3v) is 2.85. The average Bonchev–Trinajstić information content (AvgIpc) is 2.71. The first kappa shape index (κ1) is 10.6. The van der Waals surface area contributed by atoms with Gasteiger partial charge in [-0.2, -0.15) is 0 Å². The molecule has 1 fully saturated rings. The number of ether oxygens (including phenoxy) is 1. The molecule has 0 saturated carbocycles. The molecule has 1 N–H and O–H groups in total. The Morgan fingerprint density at radius 1 is 1.47 bits per heavy atom. The highest BCUT2D eigenvalue weighted by molar-refractivity contribution is 5.10. The van der Waals surface area contributed by atoms with Gasteiger partial charge in [-0.1, -0.05) is 0 Å². The molecule has 2 heterocycles. The fourth-order valence-electron chi connectivity index (χ4n) is 2.03. The van der Waals surface area contributed by atoms with Crippen molar-refractivity contribution in [2.75, 3.05) is 13.2 Å². The number of aromatic nitrogens is 1. The molecule has 1 aromatic rings. The first-order valence-corrected chi connectivity index (χ1v) is 5.49. The minimum atomic E-state index is -0.251. The van der Waals surface area contributed by atoms with Crippen LogP contribution in [-0.4, -0.2) is 29.4 Å². The highest BCUT2D eigenvalue weighted by Crippen LogP contribution is 2.19. The fourth-order valence-corrected chi connectivity index (χ4v) is 2.03. The van der Waals surface area contributed by atoms with E-state index < -0.39 is 0 Å². The molecule has 1 aliphatic rings. The Kier molecular flexibility index (Phi) is 3.69. The summed E-state index contributed by atoms with van der Waals surface area (Å²) in [7, 11) is 0. The molecule has 2 unspecified atom stereocenters. The smallest absolute Gasteiger partial charge is 0.0584 e. The van der Waals surface area contributed by atoms with Gasteiger partial charge in [0.05, 0.1) is 6.10 Å². The van der Waals surface area contributed by atoms with E-state index in [1.54, 1.807) is 12.4 Å². The van der Waals surface area contributed by atoms with Crippen molar-refractivity contribution in [3.05, 3.63) is 30.1 Å². The minimum absolute atomic E-state index is 0.251. The molecule has 0 bridgehead atoms. The van der Waals surface area contributed by atoms with Crippen LogP contribution < -0.4 is 0 Å². The molecule has 2 rings (SSSR count). The highest BCUT2D eigenvalue weighted by Gasteiger charge is 2.19. The number of nitrogens with zero attached hydrogens (tertiary/aromatic N) is 1. The zero-order chi connectivity index (χ0) is 10.5. The molecule has 0 radical (unpaired) electrons. The zero-order valence-corrected chi connectivity index (χ0v) is 8.80. The molecule has 0 aromatic carbocycles. The van der Waals surface area contributed by atoms with Crippen LogP contribution in [0.25, 0.3) is 0 Å². The number of pyridine rings is 1. The molecule has 0 amide bonds. The van der Waals surface area contributed by atoms with Crippen molar-refractivity contribution >= 4 is 0 Å². The van der Waals surface area contributed by atoms with Gasteiger partial charge in [0.2, 0.25) is 0 Å². The maximum atomic E-state index is 9.89. The quantitative estimate of drug-likeness (QED) is 0.811. The van der Waals surface area contributed by atoms with Crippen LogP contribution >= 0.6 is 0 Å². The SMILES string of the molecule is OC(Cc1ccncc1)CC1CCOC1. The van der Waals surface area contributed by atoms with Gasteiger partial charge in [-0.25, -0.2) is 0 Å². The van der Waals surface area contributed by atoms with Gasteiger partial charge in [-0.15, -0.1) is 0 Å². The summed E-state index contributed by atoms with van der Waals surface area (Å²) in [4.78, 5) is 3.95. The summed E-state index contributed by atoms with van der Waals surface area (Å²) >= 11 is 0. The number of aliphatic hydroxyl groups is 1. The molecule has 15 heavy (non-hydrogen) atoms. The summed E-state index contributed by atoms with van der Waals surface area (Å²) in [5, 5.41) is 9.89. The number of aliphatic hydroxyl groups excluding tert-OH is 1. The lowest BCUT2D eigenvalue weighted by atomic mass is 9.97. The van der Waals surface area contributed by atoms with Crippen LogP contribution in [0.5, 0.6) is 0 Å². The van der Waals surface area contributed by atoms with E-state index in [2.05, 4.69) is 4.98 Å². The van der Waals surface area contributed by atoms with E-state index in [9.17, 15) is 5.11 Å². The van der Waals surface area contributed by atoms with E-state index in [1.807, 2.05) is 12.1 Å². The fraction of sp³-hybridized carbons (Fsp3) is 0.583. The van der Waals surface area contributed by atoms with E-state index in [-0.39, 0.29) is 6.10 Å². The Bertz CT molecular complexity index is 283. The molecule has 3 heteroatoms. The van der Waals surface area contributed by atoms with Crippen molar-refractivity contribution in [2.24, 2.45) is 5.92 Å². The van der Waals surface area contributed by atoms with Crippen molar-refractivity contribution in [1.82, 2.24) is 4.98 Å². The Morgan fingerprint density at radius 2 is 2.27 bits per heavy atom. The molecule has 3 nitrogen and oxygen atoms in total. The lowest BCUT2D eigenvalue weighted by molar-refractivity contribution is 0.128. The van der Waals surface area contributed by atoms with E-state index in [1.165, 1.54) is 0 Å². The van der Waals surface area contributed by atoms with Crippen molar-refractivity contribution < 1.29 is 9.84 Å². The summed E-state index contributed by atoms with van der Waals surface area (Å²) in [6, 6.07) is 3.91. The van der Waals surface area contributed by atoms with Crippen molar-refractivity contribution in [3.63, 3.8) is 0 Å². The lowest BCUT2D eigenvalue weighted by Crippen LogP contribution is -2.16. The maximum Gasteiger partial charge on any atom is 0.0584 e. The first-order valence-electron chi connectivity index (χ1n) is 5.49. The second kappa shape index (κ2) is 5.24. The summed E-state index contributed by atoms with van der Waals surface area (Å²) in [5.74, 6) is 0.543. The predicted molar refractivity (Wildman–Crippen MR) is 57.5 cm³/mol. The third-order valence-electron chi connectivity index (χ3n) is 2.85. The molecule has 1 aliphatic heterocycles. The van der Waals surface area contributed by atoms with Crippen LogP contribution in [-0.2, 0) is 11.2 Å². The van der Waals surface area contributed by atoms with E-state index in [4.69, 9.17) is 4.74 Å². The van der Waals surface area contributed by atoms with E-state index in [0.717, 1.165) is 38.0 Å². The first-order chi connectivity index (χ1) is 7.34. The molecule has 82 valence electrons. The van der Waals surface area contributed by atoms with Gasteiger partial charge in [-0.05, 0) is 42.9 Å². The number of rotatable bonds is 4. The Labute approximate surface area is 90.1 Å². The Balaban J connectivity index is 1.79. The van der Waals surface area contributed by atoms with Crippen molar-refractivity contribution in [3.8, 4) is 0 Å². The number of hydrogen-bond acceptors (Lipinski definition) is 3. The van der Waals surface area contributed by atoms with Gasteiger partial charge in [0, 0.05) is 25.6 Å². The number of hydrogen-bond donors (Lipinski definition) is 1. The highest BCUT2D eigenvalue weighted by atomic mass is 16.5. The van der Waals surface area contributed by atoms with Gasteiger partial charge in [-0.3, -0.25) is 4.98 Å². The third kappa shape index (κ3) is 3.29. The molecular weight excluding hydrogens is 190 g/mol. The van der Waals surface area contributed by atoms with Gasteiger partial charge in [0.1, 0.15) is 0 Å². The van der Waals surface area contributed by atoms with Crippen LogP contribution in [0.3, 0.4) is 0 Å². The van der Waals surface area contributed by atoms with Crippen molar-refractivity contribution in [1.29, 1.82) is 0 Å².